The first kappa shape index (κ1) is 16.1. The van der Waals surface area contributed by atoms with Crippen molar-refractivity contribution in [2.45, 2.75) is 11.3 Å². The Hall–Kier alpha value is -1.28. The summed E-state index contributed by atoms with van der Waals surface area (Å²) in [7, 11) is -1.91. The molecule has 3 N–H and O–H groups in total. The van der Waals surface area contributed by atoms with E-state index < -0.39 is 10.0 Å². The number of halogens is 2. The van der Waals surface area contributed by atoms with Gasteiger partial charge < -0.3 is 10.3 Å². The Kier molecular flexibility index (Phi) is 4.77. The number of nitrogens with zero attached hydrogens (tertiary/aromatic N) is 2. The molecule has 0 saturated heterocycles. The Balaban J connectivity index is 2.12. The number of hydrogen-bond acceptors (Lipinski definition) is 4. The summed E-state index contributed by atoms with van der Waals surface area (Å²) >= 11 is 11.7. The van der Waals surface area contributed by atoms with E-state index in [4.69, 9.17) is 28.9 Å². The van der Waals surface area contributed by atoms with Gasteiger partial charge >= 0.3 is 0 Å². The molecule has 0 aliphatic rings. The number of rotatable bonds is 5. The normalized spacial score (nSPS) is 11.8. The first-order chi connectivity index (χ1) is 9.83. The fraction of sp³-hybridized carbons (Fsp3) is 0.250. The Morgan fingerprint density at radius 3 is 2.71 bits per heavy atom. The van der Waals surface area contributed by atoms with Crippen molar-refractivity contribution in [2.75, 3.05) is 12.3 Å². The van der Waals surface area contributed by atoms with Gasteiger partial charge in [0.1, 0.15) is 10.7 Å². The molecule has 1 aromatic carbocycles. The molecule has 0 saturated carbocycles. The number of benzene rings is 1. The zero-order valence-corrected chi connectivity index (χ0v) is 13.5. The first-order valence-electron chi connectivity index (χ1n) is 6.02. The summed E-state index contributed by atoms with van der Waals surface area (Å²) in [6.07, 6.45) is 3.91. The maximum Gasteiger partial charge on any atom is 0.242 e. The van der Waals surface area contributed by atoms with Crippen LogP contribution in [0.5, 0.6) is 0 Å². The lowest BCUT2D eigenvalue weighted by Gasteiger charge is -2.10. The molecule has 0 spiro atoms. The topological polar surface area (TPSA) is 90.0 Å². The van der Waals surface area contributed by atoms with E-state index in [0.717, 1.165) is 5.82 Å². The van der Waals surface area contributed by atoms with Crippen LogP contribution in [0.4, 0.5) is 5.69 Å². The van der Waals surface area contributed by atoms with Gasteiger partial charge in [-0.1, -0.05) is 23.2 Å². The van der Waals surface area contributed by atoms with Crippen LogP contribution in [0.3, 0.4) is 0 Å². The Labute approximate surface area is 132 Å². The number of hydrogen-bond donors (Lipinski definition) is 2. The lowest BCUT2D eigenvalue weighted by atomic mass is 10.3. The number of aromatic nitrogens is 2. The summed E-state index contributed by atoms with van der Waals surface area (Å²) in [4.78, 5) is 4.02. The molecule has 21 heavy (non-hydrogen) atoms. The van der Waals surface area contributed by atoms with E-state index in [-0.39, 0.29) is 27.2 Å². The third kappa shape index (κ3) is 3.49. The first-order valence-corrected chi connectivity index (χ1v) is 8.26. The Morgan fingerprint density at radius 2 is 2.10 bits per heavy atom. The van der Waals surface area contributed by atoms with Gasteiger partial charge in [-0.25, -0.2) is 18.1 Å². The third-order valence-electron chi connectivity index (χ3n) is 2.94. The minimum atomic E-state index is -3.75. The van der Waals surface area contributed by atoms with E-state index in [9.17, 15) is 8.42 Å². The average molecular weight is 349 g/mol. The molecular formula is C12H14Cl2N4O2S. The van der Waals surface area contributed by atoms with Crippen molar-refractivity contribution in [1.29, 1.82) is 0 Å². The molecule has 0 bridgehead atoms. The highest BCUT2D eigenvalue weighted by molar-refractivity contribution is 7.89. The summed E-state index contributed by atoms with van der Waals surface area (Å²) in [6, 6.07) is 2.72. The highest BCUT2D eigenvalue weighted by Crippen LogP contribution is 2.32. The van der Waals surface area contributed by atoms with Crippen LogP contribution >= 0.6 is 23.2 Å². The number of nitrogens with two attached hydrogens (primary N) is 1. The average Bonchev–Trinajstić information content (AvgIpc) is 2.81. The van der Waals surface area contributed by atoms with E-state index in [2.05, 4.69) is 9.71 Å². The number of imidazole rings is 1. The molecule has 0 radical (unpaired) electrons. The van der Waals surface area contributed by atoms with E-state index in [1.165, 1.54) is 12.1 Å². The lowest BCUT2D eigenvalue weighted by Crippen LogP contribution is -2.27. The summed E-state index contributed by atoms with van der Waals surface area (Å²) in [5.74, 6) is 0.777. The van der Waals surface area contributed by atoms with Crippen LogP contribution in [-0.2, 0) is 23.5 Å². The predicted octanol–water partition coefficient (Wildman–Crippen LogP) is 1.83. The van der Waals surface area contributed by atoms with E-state index in [1.54, 1.807) is 12.4 Å². The molecule has 2 aromatic rings. The Morgan fingerprint density at radius 1 is 1.38 bits per heavy atom. The van der Waals surface area contributed by atoms with Crippen molar-refractivity contribution in [2.24, 2.45) is 7.05 Å². The van der Waals surface area contributed by atoms with E-state index in [1.807, 2.05) is 11.6 Å². The molecule has 0 aliphatic carbocycles. The van der Waals surface area contributed by atoms with E-state index >= 15 is 0 Å². The molecule has 0 fully saturated rings. The molecule has 1 aromatic heterocycles. The number of aryl methyl sites for hydroxylation is 1. The van der Waals surface area contributed by atoms with Gasteiger partial charge in [0.2, 0.25) is 10.0 Å². The van der Waals surface area contributed by atoms with Crippen molar-refractivity contribution in [1.82, 2.24) is 14.3 Å². The Bertz CT molecular complexity index is 759. The van der Waals surface area contributed by atoms with Crippen LogP contribution in [0.2, 0.25) is 10.0 Å². The van der Waals surface area contributed by atoms with Crippen molar-refractivity contribution in [3.05, 3.63) is 40.4 Å². The van der Waals surface area contributed by atoms with Crippen LogP contribution < -0.4 is 10.5 Å². The molecule has 6 nitrogen and oxygen atoms in total. The molecule has 1 heterocycles. The van der Waals surface area contributed by atoms with Crippen molar-refractivity contribution >= 4 is 38.9 Å². The molecule has 2 rings (SSSR count). The molecule has 9 heteroatoms. The zero-order chi connectivity index (χ0) is 15.6. The van der Waals surface area contributed by atoms with Gasteiger partial charge in [0.05, 0.1) is 15.7 Å². The standard InChI is InChI=1S/C12H14Cl2N4O2S/c1-18-7-6-16-10(18)4-5-17-21(19,20)9-3-2-8(13)12(15)11(9)14/h2-3,6-7,17H,4-5,15H2,1H3. The number of anilines is 1. The monoisotopic (exact) mass is 348 g/mol. The smallest absolute Gasteiger partial charge is 0.242 e. The summed E-state index contributed by atoms with van der Waals surface area (Å²) < 4.78 is 28.7. The summed E-state index contributed by atoms with van der Waals surface area (Å²) in [5, 5.41) is 0.138. The minimum Gasteiger partial charge on any atom is -0.396 e. The number of nitrogen functional groups attached to an aromatic ring is 1. The van der Waals surface area contributed by atoms with Crippen molar-refractivity contribution in [3.63, 3.8) is 0 Å². The summed E-state index contributed by atoms with van der Waals surface area (Å²) in [6.45, 7) is 0.200. The second-order valence-corrected chi connectivity index (χ2v) is 6.90. The van der Waals surface area contributed by atoms with Crippen molar-refractivity contribution < 1.29 is 8.42 Å². The zero-order valence-electron chi connectivity index (χ0n) is 11.2. The maximum atomic E-state index is 12.2. The molecule has 0 aliphatic heterocycles. The van der Waals surface area contributed by atoms with Crippen LogP contribution in [0, 0.1) is 0 Å². The molecule has 0 amide bonds. The number of nitrogens with one attached hydrogen (secondary N) is 1. The SMILES string of the molecule is Cn1ccnc1CCNS(=O)(=O)c1ccc(Cl)c(N)c1Cl. The molecule has 0 atom stereocenters. The van der Waals surface area contributed by atoms with Crippen LogP contribution in [0.1, 0.15) is 5.82 Å². The fourth-order valence-corrected chi connectivity index (χ4v) is 3.56. The highest BCUT2D eigenvalue weighted by atomic mass is 35.5. The van der Waals surface area contributed by atoms with Crippen LogP contribution in [0.25, 0.3) is 0 Å². The summed E-state index contributed by atoms with van der Waals surface area (Å²) in [5.41, 5.74) is 5.68. The van der Waals surface area contributed by atoms with Gasteiger partial charge in [-0.3, -0.25) is 0 Å². The van der Waals surface area contributed by atoms with Gasteiger partial charge in [-0.05, 0) is 12.1 Å². The molecule has 114 valence electrons. The maximum absolute atomic E-state index is 12.2. The highest BCUT2D eigenvalue weighted by Gasteiger charge is 2.20. The molecular weight excluding hydrogens is 335 g/mol. The van der Waals surface area contributed by atoms with Crippen LogP contribution in [-0.4, -0.2) is 24.5 Å². The van der Waals surface area contributed by atoms with Gasteiger partial charge in [-0.15, -0.1) is 0 Å². The van der Waals surface area contributed by atoms with Gasteiger partial charge in [0.25, 0.3) is 0 Å². The quantitative estimate of drug-likeness (QED) is 0.806. The second kappa shape index (κ2) is 6.23. The lowest BCUT2D eigenvalue weighted by molar-refractivity contribution is 0.580. The molecule has 0 unspecified atom stereocenters. The van der Waals surface area contributed by atoms with Gasteiger partial charge in [-0.2, -0.15) is 0 Å². The van der Waals surface area contributed by atoms with Crippen LogP contribution in [0.15, 0.2) is 29.4 Å². The third-order valence-corrected chi connectivity index (χ3v) is 5.29. The van der Waals surface area contributed by atoms with Gasteiger partial charge in [0.15, 0.2) is 0 Å². The van der Waals surface area contributed by atoms with E-state index in [0.29, 0.717) is 6.42 Å². The predicted molar refractivity (Wildman–Crippen MR) is 83.0 cm³/mol. The largest absolute Gasteiger partial charge is 0.396 e. The minimum absolute atomic E-state index is 0.0466. The number of sulfonamides is 1. The fourth-order valence-electron chi connectivity index (χ4n) is 1.77. The second-order valence-electron chi connectivity index (χ2n) is 4.38. The van der Waals surface area contributed by atoms with Crippen molar-refractivity contribution in [3.8, 4) is 0 Å². The van der Waals surface area contributed by atoms with Gasteiger partial charge in [0, 0.05) is 32.4 Å².